The second-order valence-corrected chi connectivity index (χ2v) is 7.73. The van der Waals surface area contributed by atoms with E-state index >= 15 is 0 Å². The van der Waals surface area contributed by atoms with Crippen LogP contribution in [0.15, 0.2) is 17.0 Å². The summed E-state index contributed by atoms with van der Waals surface area (Å²) < 4.78 is 40.9. The summed E-state index contributed by atoms with van der Waals surface area (Å²) >= 11 is 0. The molecule has 118 valence electrons. The maximum Gasteiger partial charge on any atom is 0.243 e. The molecule has 6 heteroatoms. The van der Waals surface area contributed by atoms with Crippen molar-refractivity contribution < 1.29 is 12.8 Å². The van der Waals surface area contributed by atoms with Crippen molar-refractivity contribution in [3.63, 3.8) is 0 Å². The van der Waals surface area contributed by atoms with Crippen LogP contribution in [0, 0.1) is 19.7 Å². The van der Waals surface area contributed by atoms with Gasteiger partial charge in [0.2, 0.25) is 10.0 Å². The van der Waals surface area contributed by atoms with Crippen molar-refractivity contribution >= 4 is 10.0 Å². The first-order chi connectivity index (χ1) is 9.75. The van der Waals surface area contributed by atoms with Crippen LogP contribution in [0.5, 0.6) is 0 Å². The van der Waals surface area contributed by atoms with Gasteiger partial charge < -0.3 is 5.73 Å². The quantitative estimate of drug-likeness (QED) is 0.931. The third-order valence-corrected chi connectivity index (χ3v) is 6.33. The normalized spacial score (nSPS) is 22.2. The minimum atomic E-state index is -3.65. The standard InChI is InChI=1S/C15H23FN2O2S/c1-10-8-13(16)9-11(2)15(10)21(19,20)18-7-5-4-6-14(18)12(3)17/h8-9,12,14H,4-7,17H2,1-3H3. The summed E-state index contributed by atoms with van der Waals surface area (Å²) in [5.74, 6) is -0.411. The van der Waals surface area contributed by atoms with Gasteiger partial charge in [-0.2, -0.15) is 4.31 Å². The van der Waals surface area contributed by atoms with Gasteiger partial charge >= 0.3 is 0 Å². The van der Waals surface area contributed by atoms with E-state index in [9.17, 15) is 12.8 Å². The monoisotopic (exact) mass is 314 g/mol. The third kappa shape index (κ3) is 3.12. The molecule has 2 unspecified atom stereocenters. The average molecular weight is 314 g/mol. The van der Waals surface area contributed by atoms with Gasteiger partial charge in [0.15, 0.2) is 0 Å². The van der Waals surface area contributed by atoms with Gasteiger partial charge in [0.25, 0.3) is 0 Å². The lowest BCUT2D eigenvalue weighted by molar-refractivity contribution is 0.227. The topological polar surface area (TPSA) is 63.4 Å². The molecule has 21 heavy (non-hydrogen) atoms. The number of hydrogen-bond donors (Lipinski definition) is 1. The molecule has 1 saturated heterocycles. The molecule has 0 bridgehead atoms. The number of sulfonamides is 1. The predicted octanol–water partition coefficient (Wildman–Crippen LogP) is 2.33. The first kappa shape index (κ1) is 16.4. The molecule has 0 radical (unpaired) electrons. The predicted molar refractivity (Wildman–Crippen MR) is 81.1 cm³/mol. The van der Waals surface area contributed by atoms with Crippen molar-refractivity contribution in [3.8, 4) is 0 Å². The minimum Gasteiger partial charge on any atom is -0.326 e. The largest absolute Gasteiger partial charge is 0.326 e. The summed E-state index contributed by atoms with van der Waals surface area (Å²) in [5.41, 5.74) is 6.86. The first-order valence-corrected chi connectivity index (χ1v) is 8.73. The Morgan fingerprint density at radius 1 is 1.29 bits per heavy atom. The molecule has 0 aromatic heterocycles. The lowest BCUT2D eigenvalue weighted by Crippen LogP contribution is -2.51. The fraction of sp³-hybridized carbons (Fsp3) is 0.600. The van der Waals surface area contributed by atoms with E-state index in [0.717, 1.165) is 19.3 Å². The number of halogens is 1. The summed E-state index contributed by atoms with van der Waals surface area (Å²) in [4.78, 5) is 0.219. The Balaban J connectivity index is 2.51. The molecule has 0 saturated carbocycles. The van der Waals surface area contributed by atoms with Crippen LogP contribution in [-0.4, -0.2) is 31.4 Å². The van der Waals surface area contributed by atoms with Crippen LogP contribution in [0.4, 0.5) is 4.39 Å². The van der Waals surface area contributed by atoms with Crippen molar-refractivity contribution in [2.24, 2.45) is 5.73 Å². The molecule has 2 N–H and O–H groups in total. The Morgan fingerprint density at radius 2 is 1.86 bits per heavy atom. The molecule has 1 aromatic carbocycles. The number of aryl methyl sites for hydroxylation is 2. The highest BCUT2D eigenvalue weighted by Crippen LogP contribution is 2.30. The summed E-state index contributed by atoms with van der Waals surface area (Å²) in [6.45, 7) is 5.58. The summed E-state index contributed by atoms with van der Waals surface area (Å²) in [7, 11) is -3.65. The Bertz CT molecular complexity index is 606. The molecule has 2 rings (SSSR count). The highest BCUT2D eigenvalue weighted by molar-refractivity contribution is 7.89. The Morgan fingerprint density at radius 3 is 2.38 bits per heavy atom. The van der Waals surface area contributed by atoms with E-state index in [1.54, 1.807) is 13.8 Å². The molecule has 1 fully saturated rings. The summed E-state index contributed by atoms with van der Waals surface area (Å²) in [5, 5.41) is 0. The molecule has 0 aliphatic carbocycles. The van der Waals surface area contributed by atoms with Crippen LogP contribution in [0.2, 0.25) is 0 Å². The minimum absolute atomic E-state index is 0.187. The van der Waals surface area contributed by atoms with Crippen molar-refractivity contribution in [1.82, 2.24) is 4.31 Å². The van der Waals surface area contributed by atoms with Crippen LogP contribution >= 0.6 is 0 Å². The van der Waals surface area contributed by atoms with Gasteiger partial charge in [-0.15, -0.1) is 0 Å². The summed E-state index contributed by atoms with van der Waals surface area (Å²) in [6, 6.07) is 2.13. The molecular weight excluding hydrogens is 291 g/mol. The number of hydrogen-bond acceptors (Lipinski definition) is 3. The molecule has 0 amide bonds. The molecule has 2 atom stereocenters. The third-order valence-electron chi connectivity index (χ3n) is 4.10. The average Bonchev–Trinajstić information content (AvgIpc) is 2.37. The van der Waals surface area contributed by atoms with E-state index in [-0.39, 0.29) is 17.0 Å². The fourth-order valence-corrected chi connectivity index (χ4v) is 5.37. The number of rotatable bonds is 3. The Labute approximate surface area is 126 Å². The van der Waals surface area contributed by atoms with Gasteiger partial charge in [-0.05, 0) is 56.9 Å². The van der Waals surface area contributed by atoms with Crippen LogP contribution in [0.25, 0.3) is 0 Å². The molecule has 4 nitrogen and oxygen atoms in total. The van der Waals surface area contributed by atoms with Gasteiger partial charge in [-0.25, -0.2) is 12.8 Å². The lowest BCUT2D eigenvalue weighted by Gasteiger charge is -2.37. The van der Waals surface area contributed by atoms with Gasteiger partial charge in [0.1, 0.15) is 5.82 Å². The van der Waals surface area contributed by atoms with E-state index in [4.69, 9.17) is 5.73 Å². The maximum absolute atomic E-state index is 13.4. The molecule has 1 aromatic rings. The summed E-state index contributed by atoms with van der Waals surface area (Å²) in [6.07, 6.45) is 2.59. The maximum atomic E-state index is 13.4. The van der Waals surface area contributed by atoms with E-state index < -0.39 is 15.8 Å². The lowest BCUT2D eigenvalue weighted by atomic mass is 10.00. The van der Waals surface area contributed by atoms with Gasteiger partial charge in [-0.1, -0.05) is 6.42 Å². The molecule has 0 spiro atoms. The number of piperidine rings is 1. The second-order valence-electron chi connectivity index (χ2n) is 5.91. The van der Waals surface area contributed by atoms with Gasteiger partial charge in [0, 0.05) is 18.6 Å². The second kappa shape index (κ2) is 6.02. The Kier molecular flexibility index (Phi) is 4.70. The zero-order chi connectivity index (χ0) is 15.8. The first-order valence-electron chi connectivity index (χ1n) is 7.29. The zero-order valence-electron chi connectivity index (χ0n) is 12.8. The highest BCUT2D eigenvalue weighted by Gasteiger charge is 2.36. The van der Waals surface area contributed by atoms with E-state index in [0.29, 0.717) is 17.7 Å². The van der Waals surface area contributed by atoms with Crippen molar-refractivity contribution in [3.05, 3.63) is 29.1 Å². The number of benzene rings is 1. The van der Waals surface area contributed by atoms with Crippen LogP contribution in [0.3, 0.4) is 0 Å². The van der Waals surface area contributed by atoms with E-state index in [1.807, 2.05) is 6.92 Å². The fourth-order valence-electron chi connectivity index (χ4n) is 3.18. The molecule has 1 heterocycles. The number of nitrogens with zero attached hydrogens (tertiary/aromatic N) is 1. The molecule has 1 aliphatic rings. The number of nitrogens with two attached hydrogens (primary N) is 1. The van der Waals surface area contributed by atoms with Crippen LogP contribution < -0.4 is 5.73 Å². The SMILES string of the molecule is Cc1cc(F)cc(C)c1S(=O)(=O)N1CCCCC1C(C)N. The zero-order valence-corrected chi connectivity index (χ0v) is 13.6. The van der Waals surface area contributed by atoms with Crippen molar-refractivity contribution in [2.75, 3.05) is 6.54 Å². The van der Waals surface area contributed by atoms with E-state index in [1.165, 1.54) is 16.4 Å². The van der Waals surface area contributed by atoms with Crippen molar-refractivity contribution in [1.29, 1.82) is 0 Å². The smallest absolute Gasteiger partial charge is 0.243 e. The Hall–Kier alpha value is -0.980. The molecule has 1 aliphatic heterocycles. The van der Waals surface area contributed by atoms with Crippen molar-refractivity contribution in [2.45, 2.75) is 57.0 Å². The van der Waals surface area contributed by atoms with Gasteiger partial charge in [-0.3, -0.25) is 0 Å². The molecular formula is C15H23FN2O2S. The van der Waals surface area contributed by atoms with Gasteiger partial charge in [0.05, 0.1) is 4.90 Å². The van der Waals surface area contributed by atoms with Crippen LogP contribution in [-0.2, 0) is 10.0 Å². The van der Waals surface area contributed by atoms with Crippen LogP contribution in [0.1, 0.15) is 37.3 Å². The highest BCUT2D eigenvalue weighted by atomic mass is 32.2. The van der Waals surface area contributed by atoms with E-state index in [2.05, 4.69) is 0 Å².